The molecule has 2 nitrogen and oxygen atoms in total. The van der Waals surface area contributed by atoms with Crippen LogP contribution in [0.4, 0.5) is 0 Å². The van der Waals surface area contributed by atoms with Crippen molar-refractivity contribution < 1.29 is 0 Å². The number of hydrogen-bond donors (Lipinski definition) is 0. The summed E-state index contributed by atoms with van der Waals surface area (Å²) in [6.45, 7) is 0.858. The minimum atomic E-state index is 0.747. The lowest BCUT2D eigenvalue weighted by molar-refractivity contribution is 0.994. The molecule has 3 heteroatoms. The Bertz CT molecular complexity index is 954. The number of fused-ring (bicyclic) bond motifs is 3. The van der Waals surface area contributed by atoms with Crippen LogP contribution >= 0.6 is 11.3 Å². The van der Waals surface area contributed by atoms with Crippen molar-refractivity contribution in [2.45, 2.75) is 6.42 Å². The maximum absolute atomic E-state index is 9.35. The molecule has 1 aliphatic rings. The summed E-state index contributed by atoms with van der Waals surface area (Å²) in [6.07, 6.45) is 5.30. The second kappa shape index (κ2) is 4.83. The second-order valence-corrected chi connectivity index (χ2v) is 6.09. The minimum absolute atomic E-state index is 0.747. The number of dihydropyridines is 1. The first-order valence-corrected chi connectivity index (χ1v) is 7.76. The topological polar surface area (TPSA) is 36.1 Å². The van der Waals surface area contributed by atoms with Crippen LogP contribution in [-0.2, 0) is 0 Å². The third-order valence-corrected chi connectivity index (χ3v) is 4.98. The van der Waals surface area contributed by atoms with Crippen LogP contribution in [0, 0.1) is 11.3 Å². The van der Waals surface area contributed by atoms with Gasteiger partial charge in [-0.15, -0.1) is 11.3 Å². The smallest absolute Gasteiger partial charge is 0.0998 e. The first kappa shape index (κ1) is 12.3. The Balaban J connectivity index is 2.10. The van der Waals surface area contributed by atoms with Gasteiger partial charge in [-0.05, 0) is 24.6 Å². The Hall–Kier alpha value is -2.44. The van der Waals surface area contributed by atoms with Gasteiger partial charge in [0, 0.05) is 32.3 Å². The number of rotatable bonds is 1. The summed E-state index contributed by atoms with van der Waals surface area (Å²) in [6, 6.07) is 14.5. The molecular weight excluding hydrogens is 276 g/mol. The molecule has 1 aromatic heterocycles. The van der Waals surface area contributed by atoms with Crippen molar-refractivity contribution in [2.75, 3.05) is 6.54 Å². The average molecular weight is 288 g/mol. The van der Waals surface area contributed by atoms with E-state index in [1.165, 1.54) is 10.3 Å². The number of nitrogens with zero attached hydrogens (tertiary/aromatic N) is 2. The molecule has 0 amide bonds. The Morgan fingerprint density at radius 2 is 2.05 bits per heavy atom. The number of hydrogen-bond acceptors (Lipinski definition) is 3. The van der Waals surface area contributed by atoms with E-state index in [0.717, 1.165) is 39.7 Å². The van der Waals surface area contributed by atoms with Crippen LogP contribution in [0.15, 0.2) is 53.5 Å². The number of nitriles is 1. The van der Waals surface area contributed by atoms with Crippen LogP contribution in [0.2, 0.25) is 0 Å². The van der Waals surface area contributed by atoms with E-state index >= 15 is 0 Å². The molecule has 4 rings (SSSR count). The lowest BCUT2D eigenvalue weighted by atomic mass is 10.0. The van der Waals surface area contributed by atoms with Gasteiger partial charge in [-0.2, -0.15) is 5.26 Å². The fourth-order valence-electron chi connectivity index (χ4n) is 2.82. The highest BCUT2D eigenvalue weighted by Gasteiger charge is 2.14. The molecule has 2 aromatic carbocycles. The summed E-state index contributed by atoms with van der Waals surface area (Å²) in [5.41, 5.74) is 2.97. The Morgan fingerprint density at radius 1 is 1.14 bits per heavy atom. The second-order valence-electron chi connectivity index (χ2n) is 5.03. The van der Waals surface area contributed by atoms with Crippen molar-refractivity contribution in [1.29, 1.82) is 5.26 Å². The first-order valence-electron chi connectivity index (χ1n) is 6.94. The largest absolute Gasteiger partial charge is 0.284 e. The third-order valence-electron chi connectivity index (χ3n) is 3.77. The molecule has 0 saturated heterocycles. The lowest BCUT2D eigenvalue weighted by Gasteiger charge is -2.07. The van der Waals surface area contributed by atoms with E-state index in [-0.39, 0.29) is 0 Å². The van der Waals surface area contributed by atoms with Crippen LogP contribution in [-0.4, -0.2) is 12.3 Å². The highest BCUT2D eigenvalue weighted by atomic mass is 32.1. The number of allylic oxidation sites excluding steroid dienone is 1. The SMILES string of the molecule is N#Cc1cccc2sc3c(C4=NCCC=C4)cccc3c12. The predicted octanol–water partition coefficient (Wildman–Crippen LogP) is 4.68. The molecule has 0 fully saturated rings. The molecule has 0 radical (unpaired) electrons. The molecular formula is C18H12N2S. The molecule has 21 heavy (non-hydrogen) atoms. The summed E-state index contributed by atoms with van der Waals surface area (Å²) < 4.78 is 2.39. The van der Waals surface area contributed by atoms with Crippen molar-refractivity contribution in [3.63, 3.8) is 0 Å². The highest BCUT2D eigenvalue weighted by molar-refractivity contribution is 7.26. The average Bonchev–Trinajstić information content (AvgIpc) is 2.94. The third kappa shape index (κ3) is 1.88. The summed E-state index contributed by atoms with van der Waals surface area (Å²) in [7, 11) is 0. The number of benzene rings is 2. The van der Waals surface area contributed by atoms with Crippen molar-refractivity contribution in [3.8, 4) is 6.07 Å². The van der Waals surface area contributed by atoms with Crippen LogP contribution in [0.1, 0.15) is 17.5 Å². The molecule has 0 bridgehead atoms. The molecule has 0 unspecified atom stereocenters. The van der Waals surface area contributed by atoms with Gasteiger partial charge < -0.3 is 0 Å². The summed E-state index contributed by atoms with van der Waals surface area (Å²) in [5.74, 6) is 0. The molecule has 0 aliphatic carbocycles. The van der Waals surface area contributed by atoms with Crippen molar-refractivity contribution in [3.05, 3.63) is 59.7 Å². The van der Waals surface area contributed by atoms with Gasteiger partial charge in [0.15, 0.2) is 0 Å². The fourth-order valence-corrected chi connectivity index (χ4v) is 4.08. The monoisotopic (exact) mass is 288 g/mol. The molecule has 3 aromatic rings. The summed E-state index contributed by atoms with van der Waals surface area (Å²) in [4.78, 5) is 4.63. The van der Waals surface area contributed by atoms with Gasteiger partial charge in [0.2, 0.25) is 0 Å². The van der Waals surface area contributed by atoms with Gasteiger partial charge in [0.05, 0.1) is 17.3 Å². The van der Waals surface area contributed by atoms with E-state index in [9.17, 15) is 5.26 Å². The number of aliphatic imine (C=N–C) groups is 1. The zero-order valence-electron chi connectivity index (χ0n) is 11.3. The van der Waals surface area contributed by atoms with Gasteiger partial charge in [-0.1, -0.05) is 30.3 Å². The highest BCUT2D eigenvalue weighted by Crippen LogP contribution is 2.38. The molecule has 0 spiro atoms. The Kier molecular flexibility index (Phi) is 2.83. The van der Waals surface area contributed by atoms with E-state index in [2.05, 4.69) is 47.5 Å². The van der Waals surface area contributed by atoms with Gasteiger partial charge >= 0.3 is 0 Å². The van der Waals surface area contributed by atoms with E-state index < -0.39 is 0 Å². The fraction of sp³-hybridized carbons (Fsp3) is 0.111. The summed E-state index contributed by atoms with van der Waals surface area (Å²) >= 11 is 1.75. The molecule has 0 N–H and O–H groups in total. The maximum Gasteiger partial charge on any atom is 0.0998 e. The summed E-state index contributed by atoms with van der Waals surface area (Å²) in [5, 5.41) is 11.6. The molecule has 2 heterocycles. The number of thiophene rings is 1. The van der Waals surface area contributed by atoms with E-state index in [0.29, 0.717) is 0 Å². The molecule has 1 aliphatic heterocycles. The maximum atomic E-state index is 9.35. The Morgan fingerprint density at radius 3 is 2.86 bits per heavy atom. The van der Waals surface area contributed by atoms with E-state index in [4.69, 9.17) is 0 Å². The van der Waals surface area contributed by atoms with E-state index in [1.807, 2.05) is 12.1 Å². The molecule has 100 valence electrons. The van der Waals surface area contributed by atoms with Gasteiger partial charge in [-0.3, -0.25) is 4.99 Å². The first-order chi connectivity index (χ1) is 10.4. The van der Waals surface area contributed by atoms with Crippen LogP contribution < -0.4 is 0 Å². The lowest BCUT2D eigenvalue weighted by Crippen LogP contribution is -2.02. The van der Waals surface area contributed by atoms with Crippen LogP contribution in [0.5, 0.6) is 0 Å². The van der Waals surface area contributed by atoms with Crippen LogP contribution in [0.25, 0.3) is 20.2 Å². The molecule has 0 atom stereocenters. The molecule has 0 saturated carbocycles. The van der Waals surface area contributed by atoms with Gasteiger partial charge in [0.25, 0.3) is 0 Å². The van der Waals surface area contributed by atoms with Crippen molar-refractivity contribution >= 4 is 37.2 Å². The van der Waals surface area contributed by atoms with Gasteiger partial charge in [-0.25, -0.2) is 0 Å². The quantitative estimate of drug-likeness (QED) is 0.640. The minimum Gasteiger partial charge on any atom is -0.284 e. The van der Waals surface area contributed by atoms with Crippen molar-refractivity contribution in [2.24, 2.45) is 4.99 Å². The van der Waals surface area contributed by atoms with Gasteiger partial charge in [0.1, 0.15) is 0 Å². The van der Waals surface area contributed by atoms with Crippen LogP contribution in [0.3, 0.4) is 0 Å². The predicted molar refractivity (Wildman–Crippen MR) is 89.2 cm³/mol. The Labute approximate surface area is 126 Å². The standard InChI is InChI=1S/C18H12N2S/c19-11-12-5-3-9-16-17(12)14-7-4-6-13(18(14)21-16)15-8-1-2-10-20-15/h1,3-9H,2,10H2. The zero-order chi connectivity index (χ0) is 14.2. The van der Waals surface area contributed by atoms with Crippen molar-refractivity contribution in [1.82, 2.24) is 0 Å². The normalized spacial score (nSPS) is 14.3. The zero-order valence-corrected chi connectivity index (χ0v) is 12.2. The van der Waals surface area contributed by atoms with E-state index in [1.54, 1.807) is 11.3 Å².